The standard InChI is InChI=1S/C15H23N3O2/c1-18(10-14-6-3-7-20-14)11-15(19)17-13-5-2-4-12(8-13)9-16/h2,4-5,8,14H,3,6-7,9-11,16H2,1H3,(H,17,19). The number of nitrogens with one attached hydrogen (secondary N) is 1. The normalized spacial score (nSPS) is 18.4. The molecule has 0 aliphatic carbocycles. The summed E-state index contributed by atoms with van der Waals surface area (Å²) in [7, 11) is 1.94. The van der Waals surface area contributed by atoms with Gasteiger partial charge >= 0.3 is 0 Å². The predicted molar refractivity (Wildman–Crippen MR) is 79.4 cm³/mol. The predicted octanol–water partition coefficient (Wildman–Crippen LogP) is 1.19. The van der Waals surface area contributed by atoms with Crippen LogP contribution in [-0.2, 0) is 16.1 Å². The van der Waals surface area contributed by atoms with Gasteiger partial charge in [-0.2, -0.15) is 0 Å². The van der Waals surface area contributed by atoms with Gasteiger partial charge < -0.3 is 15.8 Å². The summed E-state index contributed by atoms with van der Waals surface area (Å²) < 4.78 is 5.57. The highest BCUT2D eigenvalue weighted by molar-refractivity contribution is 5.92. The van der Waals surface area contributed by atoms with Crippen LogP contribution < -0.4 is 11.1 Å². The van der Waals surface area contributed by atoms with E-state index >= 15 is 0 Å². The number of likely N-dealkylation sites (N-methyl/N-ethyl adjacent to an activating group) is 1. The average molecular weight is 277 g/mol. The Morgan fingerprint density at radius 3 is 3.10 bits per heavy atom. The topological polar surface area (TPSA) is 67.6 Å². The lowest BCUT2D eigenvalue weighted by Crippen LogP contribution is -2.35. The van der Waals surface area contributed by atoms with Crippen LogP contribution in [0.25, 0.3) is 0 Å². The van der Waals surface area contributed by atoms with Crippen molar-refractivity contribution in [3.05, 3.63) is 29.8 Å². The van der Waals surface area contributed by atoms with E-state index in [9.17, 15) is 4.79 Å². The van der Waals surface area contributed by atoms with E-state index in [1.165, 1.54) is 0 Å². The number of anilines is 1. The molecule has 2 rings (SSSR count). The molecule has 1 fully saturated rings. The fraction of sp³-hybridized carbons (Fsp3) is 0.533. The number of benzene rings is 1. The lowest BCUT2D eigenvalue weighted by molar-refractivity contribution is -0.117. The van der Waals surface area contributed by atoms with E-state index in [1.807, 2.05) is 36.2 Å². The van der Waals surface area contributed by atoms with Crippen LogP contribution in [0.15, 0.2) is 24.3 Å². The zero-order chi connectivity index (χ0) is 14.4. The van der Waals surface area contributed by atoms with Gasteiger partial charge in [0, 0.05) is 25.4 Å². The highest BCUT2D eigenvalue weighted by Crippen LogP contribution is 2.13. The molecule has 0 aromatic heterocycles. The molecule has 0 saturated carbocycles. The van der Waals surface area contributed by atoms with Crippen molar-refractivity contribution in [1.82, 2.24) is 4.90 Å². The highest BCUT2D eigenvalue weighted by atomic mass is 16.5. The first-order chi connectivity index (χ1) is 9.67. The molecule has 1 amide bonds. The van der Waals surface area contributed by atoms with Gasteiger partial charge in [0.2, 0.25) is 5.91 Å². The smallest absolute Gasteiger partial charge is 0.238 e. The second-order valence-electron chi connectivity index (χ2n) is 5.28. The summed E-state index contributed by atoms with van der Waals surface area (Å²) in [5.41, 5.74) is 7.39. The summed E-state index contributed by atoms with van der Waals surface area (Å²) in [6, 6.07) is 7.61. The number of rotatable bonds is 6. The van der Waals surface area contributed by atoms with Crippen molar-refractivity contribution < 1.29 is 9.53 Å². The van der Waals surface area contributed by atoms with Gasteiger partial charge in [0.25, 0.3) is 0 Å². The highest BCUT2D eigenvalue weighted by Gasteiger charge is 2.18. The summed E-state index contributed by atoms with van der Waals surface area (Å²) in [6.07, 6.45) is 2.48. The van der Waals surface area contributed by atoms with E-state index in [0.29, 0.717) is 13.1 Å². The molecule has 5 nitrogen and oxygen atoms in total. The number of hydrogen-bond donors (Lipinski definition) is 2. The van der Waals surface area contributed by atoms with Gasteiger partial charge in [0.1, 0.15) is 0 Å². The lowest BCUT2D eigenvalue weighted by atomic mass is 10.2. The second kappa shape index (κ2) is 7.38. The molecule has 0 radical (unpaired) electrons. The molecule has 1 aliphatic rings. The van der Waals surface area contributed by atoms with Gasteiger partial charge in [-0.3, -0.25) is 9.69 Å². The average Bonchev–Trinajstić information content (AvgIpc) is 2.91. The number of hydrogen-bond acceptors (Lipinski definition) is 4. The maximum Gasteiger partial charge on any atom is 0.238 e. The molecule has 20 heavy (non-hydrogen) atoms. The third kappa shape index (κ3) is 4.59. The van der Waals surface area contributed by atoms with Crippen molar-refractivity contribution in [2.45, 2.75) is 25.5 Å². The van der Waals surface area contributed by atoms with E-state index in [1.54, 1.807) is 0 Å². The largest absolute Gasteiger partial charge is 0.377 e. The quantitative estimate of drug-likeness (QED) is 0.820. The van der Waals surface area contributed by atoms with Gasteiger partial charge in [-0.05, 0) is 37.6 Å². The first-order valence-electron chi connectivity index (χ1n) is 7.06. The number of nitrogens with two attached hydrogens (primary N) is 1. The van der Waals surface area contributed by atoms with E-state index in [4.69, 9.17) is 10.5 Å². The summed E-state index contributed by atoms with van der Waals surface area (Å²) in [4.78, 5) is 14.0. The molecular formula is C15H23N3O2. The van der Waals surface area contributed by atoms with Crippen molar-refractivity contribution in [3.63, 3.8) is 0 Å². The lowest BCUT2D eigenvalue weighted by Gasteiger charge is -2.20. The Morgan fingerprint density at radius 2 is 2.40 bits per heavy atom. The van der Waals surface area contributed by atoms with Crippen LogP contribution in [0.1, 0.15) is 18.4 Å². The van der Waals surface area contributed by atoms with Gasteiger partial charge in [0.15, 0.2) is 0 Å². The SMILES string of the molecule is CN(CC(=O)Nc1cccc(CN)c1)CC1CCCO1. The Balaban J connectivity index is 1.78. The van der Waals surface area contributed by atoms with Gasteiger partial charge in [-0.25, -0.2) is 0 Å². The minimum atomic E-state index is -0.0142. The van der Waals surface area contributed by atoms with Crippen molar-refractivity contribution in [1.29, 1.82) is 0 Å². The van der Waals surface area contributed by atoms with Crippen LogP contribution in [0.3, 0.4) is 0 Å². The van der Waals surface area contributed by atoms with E-state index in [0.717, 1.165) is 37.2 Å². The summed E-state index contributed by atoms with van der Waals surface area (Å²) in [5.74, 6) is -0.0142. The molecule has 3 N–H and O–H groups in total. The third-order valence-electron chi connectivity index (χ3n) is 3.40. The molecule has 1 atom stereocenters. The van der Waals surface area contributed by atoms with Crippen molar-refractivity contribution in [2.75, 3.05) is 32.1 Å². The van der Waals surface area contributed by atoms with Gasteiger partial charge in [0.05, 0.1) is 12.6 Å². The van der Waals surface area contributed by atoms with Crippen LogP contribution >= 0.6 is 0 Å². The first-order valence-corrected chi connectivity index (χ1v) is 7.06. The van der Waals surface area contributed by atoms with Crippen LogP contribution in [0.5, 0.6) is 0 Å². The second-order valence-corrected chi connectivity index (χ2v) is 5.28. The van der Waals surface area contributed by atoms with Crippen molar-refractivity contribution in [3.8, 4) is 0 Å². The third-order valence-corrected chi connectivity index (χ3v) is 3.40. The monoisotopic (exact) mass is 277 g/mol. The molecule has 110 valence electrons. The minimum absolute atomic E-state index is 0.0142. The van der Waals surface area contributed by atoms with E-state index in [2.05, 4.69) is 5.32 Å². The van der Waals surface area contributed by atoms with E-state index in [-0.39, 0.29) is 12.0 Å². The minimum Gasteiger partial charge on any atom is -0.377 e. The maximum absolute atomic E-state index is 12.0. The Labute approximate surface area is 120 Å². The zero-order valence-corrected chi connectivity index (χ0v) is 12.0. The summed E-state index contributed by atoms with van der Waals surface area (Å²) >= 11 is 0. The van der Waals surface area contributed by atoms with Crippen molar-refractivity contribution in [2.24, 2.45) is 5.73 Å². The molecule has 1 saturated heterocycles. The number of amides is 1. The van der Waals surface area contributed by atoms with Crippen LogP contribution in [0, 0.1) is 0 Å². The molecule has 1 aliphatic heterocycles. The molecule has 0 spiro atoms. The van der Waals surface area contributed by atoms with Crippen LogP contribution in [0.2, 0.25) is 0 Å². The maximum atomic E-state index is 12.0. The van der Waals surface area contributed by atoms with E-state index < -0.39 is 0 Å². The number of nitrogens with zero attached hydrogens (tertiary/aromatic N) is 1. The molecule has 1 aromatic carbocycles. The van der Waals surface area contributed by atoms with Crippen LogP contribution in [-0.4, -0.2) is 43.7 Å². The molecule has 1 heterocycles. The van der Waals surface area contributed by atoms with Crippen LogP contribution in [0.4, 0.5) is 5.69 Å². The number of carbonyl (C=O) groups is 1. The molecule has 1 aromatic rings. The molecule has 0 bridgehead atoms. The zero-order valence-electron chi connectivity index (χ0n) is 12.0. The fourth-order valence-corrected chi connectivity index (χ4v) is 2.42. The molecular weight excluding hydrogens is 254 g/mol. The van der Waals surface area contributed by atoms with Crippen molar-refractivity contribution >= 4 is 11.6 Å². The number of carbonyl (C=O) groups excluding carboxylic acids is 1. The van der Waals surface area contributed by atoms with Gasteiger partial charge in [-0.1, -0.05) is 12.1 Å². The Morgan fingerprint density at radius 1 is 1.55 bits per heavy atom. The summed E-state index contributed by atoms with van der Waals surface area (Å²) in [5, 5.41) is 2.90. The first kappa shape index (κ1) is 15.0. The Kier molecular flexibility index (Phi) is 5.52. The fourth-order valence-electron chi connectivity index (χ4n) is 2.42. The van der Waals surface area contributed by atoms with Gasteiger partial charge in [-0.15, -0.1) is 0 Å². The Hall–Kier alpha value is -1.43. The number of ether oxygens (including phenoxy) is 1. The Bertz CT molecular complexity index is 444. The molecule has 5 heteroatoms. The summed E-state index contributed by atoms with van der Waals surface area (Å²) in [6.45, 7) is 2.49. The molecule has 1 unspecified atom stereocenters.